The van der Waals surface area contributed by atoms with Crippen LogP contribution in [0.5, 0.6) is 0 Å². The first-order valence-electron chi connectivity index (χ1n) is 14.6. The Hall–Kier alpha value is -4.08. The van der Waals surface area contributed by atoms with Crippen LogP contribution in [0.2, 0.25) is 0 Å². The van der Waals surface area contributed by atoms with Crippen molar-refractivity contribution in [1.82, 2.24) is 19.6 Å². The molecule has 6 rings (SSSR count). The lowest BCUT2D eigenvalue weighted by Gasteiger charge is -2.48. The van der Waals surface area contributed by atoms with E-state index in [-0.39, 0.29) is 48.1 Å². The van der Waals surface area contributed by atoms with Gasteiger partial charge in [-0.25, -0.2) is 9.59 Å². The summed E-state index contributed by atoms with van der Waals surface area (Å²) in [5.41, 5.74) is 1.66. The molecular formula is C32H40N4O6. The van der Waals surface area contributed by atoms with Gasteiger partial charge in [0, 0.05) is 13.1 Å². The fourth-order valence-electron chi connectivity index (χ4n) is 6.68. The molecule has 0 aliphatic carbocycles. The number of amides is 4. The molecule has 4 saturated heterocycles. The number of fused-ring (bicyclic) bond motifs is 2. The first kappa shape index (κ1) is 29.4. The molecule has 1 N–H and O–H groups in total. The van der Waals surface area contributed by atoms with Gasteiger partial charge in [0.15, 0.2) is 0 Å². The Morgan fingerprint density at radius 2 is 1.17 bits per heavy atom. The molecule has 0 saturated carbocycles. The lowest BCUT2D eigenvalue weighted by Crippen LogP contribution is -2.67. The number of likely N-dealkylation sites (tertiary alicyclic amines) is 4. The molecule has 2 aromatic rings. The molecule has 4 heterocycles. The highest BCUT2D eigenvalue weighted by Gasteiger charge is 2.58. The molecule has 0 radical (unpaired) electrons. The van der Waals surface area contributed by atoms with Gasteiger partial charge in [0.25, 0.3) is 0 Å². The van der Waals surface area contributed by atoms with Gasteiger partial charge in [0.1, 0.15) is 17.7 Å². The van der Waals surface area contributed by atoms with Crippen LogP contribution in [0.25, 0.3) is 0 Å². The van der Waals surface area contributed by atoms with Crippen LogP contribution in [0.15, 0.2) is 60.7 Å². The second-order valence-corrected chi connectivity index (χ2v) is 12.4. The standard InChI is InChI=1S/C18H24N2O3.C14H16N2O3/c1-12(13-8-6-5-7-9-13)20-14-10-11-19(15(14)16(20)21)17(22)23-18(2,3)4;1-9(10-5-3-2-4-6-10)16-11-7-8-15(14(18)19)12(11)13(16)17/h5-9,12,14-15H,10-11H2,1-4H3;2-6,9,11-12H,7-8H2,1H3,(H,18,19)/t12-,14-,15+;9-,11-,12+/m11/s1. The van der Waals surface area contributed by atoms with Gasteiger partial charge in [-0.05, 0) is 58.6 Å². The maximum absolute atomic E-state index is 12.6. The molecule has 0 spiro atoms. The van der Waals surface area contributed by atoms with Crippen LogP contribution >= 0.6 is 0 Å². The topological polar surface area (TPSA) is 111 Å². The number of carboxylic acid groups (broad SMARTS) is 1. The molecule has 4 aliphatic heterocycles. The minimum atomic E-state index is -0.993. The van der Waals surface area contributed by atoms with Crippen molar-refractivity contribution < 1.29 is 29.0 Å². The van der Waals surface area contributed by atoms with Crippen molar-refractivity contribution >= 4 is 24.0 Å². The van der Waals surface area contributed by atoms with E-state index in [9.17, 15) is 19.2 Å². The van der Waals surface area contributed by atoms with Crippen LogP contribution in [0.4, 0.5) is 9.59 Å². The molecule has 4 amide bonds. The lowest BCUT2D eigenvalue weighted by atomic mass is 9.91. The van der Waals surface area contributed by atoms with Gasteiger partial charge in [-0.3, -0.25) is 19.4 Å². The molecule has 0 bridgehead atoms. The number of rotatable bonds is 4. The van der Waals surface area contributed by atoms with Gasteiger partial charge in [0.2, 0.25) is 11.8 Å². The number of carbonyl (C=O) groups is 4. The zero-order valence-electron chi connectivity index (χ0n) is 24.8. The summed E-state index contributed by atoms with van der Waals surface area (Å²) in [6, 6.07) is 19.2. The summed E-state index contributed by atoms with van der Waals surface area (Å²) in [6.45, 7) is 10.6. The molecule has 10 nitrogen and oxygen atoms in total. The Kier molecular flexibility index (Phi) is 7.92. The molecule has 2 aromatic carbocycles. The molecular weight excluding hydrogens is 536 g/mol. The van der Waals surface area contributed by atoms with Crippen LogP contribution in [0.1, 0.15) is 70.7 Å². The molecule has 6 atom stereocenters. The van der Waals surface area contributed by atoms with Crippen molar-refractivity contribution in [1.29, 1.82) is 0 Å². The first-order valence-corrected chi connectivity index (χ1v) is 14.6. The fourth-order valence-corrected chi connectivity index (χ4v) is 6.68. The van der Waals surface area contributed by atoms with Crippen molar-refractivity contribution in [3.05, 3.63) is 71.8 Å². The average molecular weight is 577 g/mol. The minimum absolute atomic E-state index is 0.00342. The quantitative estimate of drug-likeness (QED) is 0.530. The summed E-state index contributed by atoms with van der Waals surface area (Å²) in [7, 11) is 0. The average Bonchev–Trinajstić information content (AvgIpc) is 3.53. The summed E-state index contributed by atoms with van der Waals surface area (Å²) in [4.78, 5) is 54.7. The molecule has 0 aromatic heterocycles. The summed E-state index contributed by atoms with van der Waals surface area (Å²) in [5, 5.41) is 9.05. The van der Waals surface area contributed by atoms with Gasteiger partial charge < -0.3 is 19.6 Å². The number of carbonyl (C=O) groups excluding carboxylic acids is 3. The van der Waals surface area contributed by atoms with E-state index in [4.69, 9.17) is 9.84 Å². The smallest absolute Gasteiger partial charge is 0.411 e. The highest BCUT2D eigenvalue weighted by atomic mass is 16.6. The normalized spacial score (nSPS) is 25.8. The van der Waals surface area contributed by atoms with Crippen LogP contribution in [-0.2, 0) is 14.3 Å². The van der Waals surface area contributed by atoms with Crippen molar-refractivity contribution in [2.24, 2.45) is 0 Å². The molecule has 224 valence electrons. The van der Waals surface area contributed by atoms with Gasteiger partial charge in [0.05, 0.1) is 24.2 Å². The van der Waals surface area contributed by atoms with Crippen molar-refractivity contribution in [2.75, 3.05) is 13.1 Å². The summed E-state index contributed by atoms with van der Waals surface area (Å²) in [5.74, 6) is -0.0454. The van der Waals surface area contributed by atoms with Crippen LogP contribution < -0.4 is 0 Å². The van der Waals surface area contributed by atoms with E-state index in [0.717, 1.165) is 24.0 Å². The van der Waals surface area contributed by atoms with Gasteiger partial charge in [-0.2, -0.15) is 0 Å². The lowest BCUT2D eigenvalue weighted by molar-refractivity contribution is -0.157. The minimum Gasteiger partial charge on any atom is -0.465 e. The third kappa shape index (κ3) is 5.30. The molecule has 4 aliphatic rings. The van der Waals surface area contributed by atoms with Crippen molar-refractivity contribution in [3.63, 3.8) is 0 Å². The van der Waals surface area contributed by atoms with E-state index in [2.05, 4.69) is 0 Å². The second kappa shape index (κ2) is 11.3. The van der Waals surface area contributed by atoms with Gasteiger partial charge >= 0.3 is 12.2 Å². The van der Waals surface area contributed by atoms with Crippen LogP contribution in [0.3, 0.4) is 0 Å². The summed E-state index contributed by atoms with van der Waals surface area (Å²) >= 11 is 0. The van der Waals surface area contributed by atoms with E-state index in [1.54, 1.807) is 4.90 Å². The first-order chi connectivity index (χ1) is 19.9. The van der Waals surface area contributed by atoms with E-state index in [1.165, 1.54) is 4.90 Å². The number of nitrogens with zero attached hydrogens (tertiary/aromatic N) is 4. The Bertz CT molecular complexity index is 1330. The van der Waals surface area contributed by atoms with Gasteiger partial charge in [-0.15, -0.1) is 0 Å². The molecule has 0 unspecified atom stereocenters. The third-order valence-electron chi connectivity index (χ3n) is 8.73. The Morgan fingerprint density at radius 1 is 0.762 bits per heavy atom. The largest absolute Gasteiger partial charge is 0.465 e. The van der Waals surface area contributed by atoms with Gasteiger partial charge in [-0.1, -0.05) is 60.7 Å². The molecule has 4 fully saturated rings. The molecule has 42 heavy (non-hydrogen) atoms. The predicted molar refractivity (Wildman–Crippen MR) is 155 cm³/mol. The van der Waals surface area contributed by atoms with Crippen LogP contribution in [-0.4, -0.2) is 91.6 Å². The Morgan fingerprint density at radius 3 is 1.57 bits per heavy atom. The highest BCUT2D eigenvalue weighted by molar-refractivity contribution is 5.94. The highest BCUT2D eigenvalue weighted by Crippen LogP contribution is 2.41. The number of hydrogen-bond acceptors (Lipinski definition) is 5. The number of ether oxygens (including phenoxy) is 1. The maximum Gasteiger partial charge on any atom is 0.411 e. The Balaban J connectivity index is 0.000000171. The zero-order chi connectivity index (χ0) is 30.3. The van der Waals surface area contributed by atoms with Crippen molar-refractivity contribution in [3.8, 4) is 0 Å². The SMILES string of the molecule is C[C@H](c1ccccc1)N1C(=O)[C@@H]2[C@H]1CCN2C(=O)O.C[C@H](c1ccccc1)N1C(=O)[C@@H]2[C@H]1CCN2C(=O)OC(C)(C)C. The predicted octanol–water partition coefficient (Wildman–Crippen LogP) is 4.68. The maximum atomic E-state index is 12.6. The monoisotopic (exact) mass is 576 g/mol. The van der Waals surface area contributed by atoms with Crippen molar-refractivity contribution in [2.45, 2.75) is 89.3 Å². The van der Waals surface area contributed by atoms with E-state index in [0.29, 0.717) is 13.1 Å². The van der Waals surface area contributed by atoms with E-state index >= 15 is 0 Å². The fraction of sp³-hybridized carbons (Fsp3) is 0.500. The zero-order valence-corrected chi connectivity index (χ0v) is 24.8. The summed E-state index contributed by atoms with van der Waals surface area (Å²) in [6.07, 6.45) is 0.172. The Labute approximate surface area is 246 Å². The third-order valence-corrected chi connectivity index (χ3v) is 8.73. The van der Waals surface area contributed by atoms with Crippen LogP contribution in [0, 0.1) is 0 Å². The summed E-state index contributed by atoms with van der Waals surface area (Å²) < 4.78 is 5.42. The van der Waals surface area contributed by atoms with E-state index < -0.39 is 17.7 Å². The van der Waals surface area contributed by atoms with E-state index in [1.807, 2.05) is 105 Å². The number of β-lactam (4-membered cyclic amide) rings is 2. The number of hydrogen-bond donors (Lipinski definition) is 1. The molecule has 10 heteroatoms. The number of benzene rings is 2. The second-order valence-electron chi connectivity index (χ2n) is 12.4.